The summed E-state index contributed by atoms with van der Waals surface area (Å²) >= 11 is 0. The largest absolute Gasteiger partial charge is 0.476 e. The van der Waals surface area contributed by atoms with Crippen molar-refractivity contribution >= 4 is 5.97 Å². The number of rotatable bonds is 2. The average molecular weight is 276 g/mol. The first-order valence-corrected chi connectivity index (χ1v) is 6.36. The van der Waals surface area contributed by atoms with Gasteiger partial charge in [0.2, 0.25) is 0 Å². The van der Waals surface area contributed by atoms with Crippen molar-refractivity contribution < 1.29 is 18.7 Å². The Bertz CT molecular complexity index is 754. The molecule has 1 saturated carbocycles. The Hall–Kier alpha value is -2.24. The van der Waals surface area contributed by atoms with Gasteiger partial charge in [0.15, 0.2) is 5.69 Å². The summed E-state index contributed by atoms with van der Waals surface area (Å²) in [4.78, 5) is 11.2. The van der Waals surface area contributed by atoms with Crippen LogP contribution in [0.1, 0.15) is 34.1 Å². The molecule has 0 radical (unpaired) electrons. The van der Waals surface area contributed by atoms with Gasteiger partial charge in [0.05, 0.1) is 5.69 Å². The van der Waals surface area contributed by atoms with E-state index in [1.807, 2.05) is 0 Å². The van der Waals surface area contributed by atoms with Crippen LogP contribution in [0.3, 0.4) is 0 Å². The lowest BCUT2D eigenvalue weighted by atomic mass is 10.1. The zero-order valence-corrected chi connectivity index (χ0v) is 10.3. The molecule has 4 nitrogen and oxygen atoms in total. The van der Waals surface area contributed by atoms with Crippen LogP contribution in [0.25, 0.3) is 5.69 Å². The van der Waals surface area contributed by atoms with E-state index < -0.39 is 17.6 Å². The fourth-order valence-electron chi connectivity index (χ4n) is 3.12. The van der Waals surface area contributed by atoms with Crippen molar-refractivity contribution in [3.63, 3.8) is 0 Å². The molecular weight excluding hydrogens is 266 g/mol. The van der Waals surface area contributed by atoms with Crippen molar-refractivity contribution in [2.45, 2.75) is 18.8 Å². The van der Waals surface area contributed by atoms with Crippen molar-refractivity contribution in [3.05, 3.63) is 46.8 Å². The van der Waals surface area contributed by atoms with Gasteiger partial charge in [0.1, 0.15) is 17.3 Å². The summed E-state index contributed by atoms with van der Waals surface area (Å²) < 4.78 is 28.5. The smallest absolute Gasteiger partial charge is 0.356 e. The van der Waals surface area contributed by atoms with E-state index in [1.54, 1.807) is 0 Å². The monoisotopic (exact) mass is 276 g/mol. The van der Waals surface area contributed by atoms with E-state index in [1.165, 1.54) is 4.68 Å². The van der Waals surface area contributed by atoms with E-state index in [0.29, 0.717) is 17.9 Å². The highest BCUT2D eigenvalue weighted by Crippen LogP contribution is 2.57. The normalized spacial score (nSPS) is 22.5. The van der Waals surface area contributed by atoms with Gasteiger partial charge in [-0.15, -0.1) is 0 Å². The number of carboxylic acid groups (broad SMARTS) is 1. The highest BCUT2D eigenvalue weighted by Gasteiger charge is 2.50. The second-order valence-corrected chi connectivity index (χ2v) is 5.33. The average Bonchev–Trinajstić information content (AvgIpc) is 2.91. The number of hydrogen-bond acceptors (Lipinski definition) is 2. The third kappa shape index (κ3) is 1.44. The van der Waals surface area contributed by atoms with Gasteiger partial charge in [0.25, 0.3) is 0 Å². The Balaban J connectivity index is 1.97. The lowest BCUT2D eigenvalue weighted by molar-refractivity contribution is 0.0688. The minimum absolute atomic E-state index is 0.0266. The first-order valence-electron chi connectivity index (χ1n) is 6.36. The summed E-state index contributed by atoms with van der Waals surface area (Å²) in [5, 5.41) is 13.2. The zero-order chi connectivity index (χ0) is 14.0. The second kappa shape index (κ2) is 3.65. The van der Waals surface area contributed by atoms with Crippen LogP contribution in [0.2, 0.25) is 0 Å². The summed E-state index contributed by atoms with van der Waals surface area (Å²) in [6, 6.07) is 3.10. The van der Waals surface area contributed by atoms with Gasteiger partial charge in [0, 0.05) is 17.5 Å². The van der Waals surface area contributed by atoms with Gasteiger partial charge >= 0.3 is 5.97 Å². The number of halogens is 2. The highest BCUT2D eigenvalue weighted by atomic mass is 19.1. The summed E-state index contributed by atoms with van der Waals surface area (Å²) in [6.45, 7) is 0. The Morgan fingerprint density at radius 3 is 2.95 bits per heavy atom. The Kier molecular flexibility index (Phi) is 2.11. The number of aromatic carboxylic acids is 1. The Morgan fingerprint density at radius 1 is 1.40 bits per heavy atom. The maximum absolute atomic E-state index is 13.9. The number of benzene rings is 1. The fraction of sp³-hybridized carbons (Fsp3) is 0.286. The molecule has 1 heterocycles. The minimum Gasteiger partial charge on any atom is -0.476 e. The topological polar surface area (TPSA) is 55.1 Å². The van der Waals surface area contributed by atoms with Crippen LogP contribution < -0.4 is 0 Å². The molecule has 102 valence electrons. The van der Waals surface area contributed by atoms with Crippen LogP contribution >= 0.6 is 0 Å². The molecule has 2 aromatic rings. The quantitative estimate of drug-likeness (QED) is 0.917. The van der Waals surface area contributed by atoms with Gasteiger partial charge in [-0.2, -0.15) is 5.10 Å². The van der Waals surface area contributed by atoms with Gasteiger partial charge in [-0.05, 0) is 30.9 Å². The summed E-state index contributed by atoms with van der Waals surface area (Å²) in [5.41, 5.74) is 1.33. The molecule has 2 aliphatic carbocycles. The van der Waals surface area contributed by atoms with Crippen LogP contribution in [0, 0.1) is 17.6 Å². The first kappa shape index (κ1) is 11.6. The summed E-state index contributed by atoms with van der Waals surface area (Å²) in [6.07, 6.45) is 1.63. The predicted octanol–water partition coefficient (Wildman–Crippen LogP) is 2.51. The highest BCUT2D eigenvalue weighted by molar-refractivity contribution is 5.88. The van der Waals surface area contributed by atoms with Crippen molar-refractivity contribution in [3.8, 4) is 5.69 Å². The van der Waals surface area contributed by atoms with Crippen molar-refractivity contribution in [1.82, 2.24) is 9.78 Å². The van der Waals surface area contributed by atoms with Crippen molar-refractivity contribution in [2.24, 2.45) is 5.92 Å². The first-order chi connectivity index (χ1) is 9.56. The summed E-state index contributed by atoms with van der Waals surface area (Å²) in [7, 11) is 0. The third-order valence-corrected chi connectivity index (χ3v) is 4.10. The van der Waals surface area contributed by atoms with Gasteiger partial charge in [-0.1, -0.05) is 0 Å². The Labute approximate surface area is 112 Å². The van der Waals surface area contributed by atoms with Crippen molar-refractivity contribution in [2.75, 3.05) is 0 Å². The molecule has 0 spiro atoms. The SMILES string of the molecule is O=C(O)c1nn(-c2cc(F)ccc2F)c2c1C[C@H]1C[C@@H]21. The molecule has 1 N–H and O–H groups in total. The molecule has 2 aliphatic rings. The van der Waals surface area contributed by atoms with Gasteiger partial charge < -0.3 is 5.11 Å². The summed E-state index contributed by atoms with van der Waals surface area (Å²) in [5.74, 6) is -1.65. The van der Waals surface area contributed by atoms with Gasteiger partial charge in [-0.25, -0.2) is 18.3 Å². The molecule has 2 atom stereocenters. The predicted molar refractivity (Wildman–Crippen MR) is 65.0 cm³/mol. The molecule has 0 saturated heterocycles. The number of hydrogen-bond donors (Lipinski definition) is 1. The minimum atomic E-state index is -1.13. The lowest BCUT2D eigenvalue weighted by Crippen LogP contribution is -2.06. The molecule has 1 aromatic heterocycles. The number of carbonyl (C=O) groups is 1. The van der Waals surface area contributed by atoms with E-state index in [9.17, 15) is 18.7 Å². The van der Waals surface area contributed by atoms with Crippen LogP contribution in [0.4, 0.5) is 8.78 Å². The number of fused-ring (bicyclic) bond motifs is 3. The number of carboxylic acids is 1. The van der Waals surface area contributed by atoms with E-state index in [-0.39, 0.29) is 17.3 Å². The lowest BCUT2D eigenvalue weighted by Gasteiger charge is -2.07. The molecule has 0 unspecified atom stereocenters. The molecule has 0 aliphatic heterocycles. The van der Waals surface area contributed by atoms with Crippen LogP contribution in [-0.4, -0.2) is 20.9 Å². The zero-order valence-electron chi connectivity index (χ0n) is 10.3. The molecule has 20 heavy (non-hydrogen) atoms. The molecule has 6 heteroatoms. The third-order valence-electron chi connectivity index (χ3n) is 4.10. The van der Waals surface area contributed by atoms with E-state index in [2.05, 4.69) is 5.10 Å². The fourth-order valence-corrected chi connectivity index (χ4v) is 3.12. The van der Waals surface area contributed by atoms with Crippen molar-refractivity contribution in [1.29, 1.82) is 0 Å². The van der Waals surface area contributed by atoms with Crippen LogP contribution in [-0.2, 0) is 6.42 Å². The second-order valence-electron chi connectivity index (χ2n) is 5.33. The molecular formula is C14H10F2N2O2. The van der Waals surface area contributed by atoms with E-state index in [4.69, 9.17) is 0 Å². The molecule has 0 bridgehead atoms. The number of nitrogens with zero attached hydrogens (tertiary/aromatic N) is 2. The molecule has 0 amide bonds. The van der Waals surface area contributed by atoms with Crippen LogP contribution in [0.15, 0.2) is 18.2 Å². The van der Waals surface area contributed by atoms with E-state index in [0.717, 1.165) is 30.3 Å². The molecule has 1 fully saturated rings. The maximum Gasteiger partial charge on any atom is 0.356 e. The number of aromatic nitrogens is 2. The molecule has 1 aromatic carbocycles. The molecule has 4 rings (SSSR count). The van der Waals surface area contributed by atoms with Crippen LogP contribution in [0.5, 0.6) is 0 Å². The van der Waals surface area contributed by atoms with E-state index >= 15 is 0 Å². The van der Waals surface area contributed by atoms with Gasteiger partial charge in [-0.3, -0.25) is 0 Å². The standard InChI is InChI=1S/C14H10F2N2O2/c15-7-1-2-10(16)11(5-7)18-13-8-3-6(8)4-9(13)12(17-18)14(19)20/h1-2,5-6,8H,3-4H2,(H,19,20)/t6-,8-/m1/s1. The Morgan fingerprint density at radius 2 is 2.20 bits per heavy atom. The maximum atomic E-state index is 13.9.